The van der Waals surface area contributed by atoms with Crippen LogP contribution in [0.1, 0.15) is 19.8 Å². The summed E-state index contributed by atoms with van der Waals surface area (Å²) in [5, 5.41) is 12.0. The van der Waals surface area contributed by atoms with Gasteiger partial charge in [0.25, 0.3) is 0 Å². The number of hydrogen-bond acceptors (Lipinski definition) is 4. The third-order valence-corrected chi connectivity index (χ3v) is 4.60. The second kappa shape index (κ2) is 7.57. The van der Waals surface area contributed by atoms with Crippen LogP contribution >= 0.6 is 0 Å². The van der Waals surface area contributed by atoms with Crippen molar-refractivity contribution in [2.75, 3.05) is 18.9 Å². The summed E-state index contributed by atoms with van der Waals surface area (Å²) in [4.78, 5) is -0.281. The summed E-state index contributed by atoms with van der Waals surface area (Å²) < 4.78 is 37.8. The largest absolute Gasteiger partial charge is 0.396 e. The molecule has 2 N–H and O–H groups in total. The SMILES string of the molecule is CCCNC(CCO)CS(=O)(=O)c1ccccc1F. The van der Waals surface area contributed by atoms with Crippen molar-refractivity contribution < 1.29 is 17.9 Å². The van der Waals surface area contributed by atoms with Crippen LogP contribution in [0, 0.1) is 5.82 Å². The quantitative estimate of drug-likeness (QED) is 0.758. The van der Waals surface area contributed by atoms with E-state index >= 15 is 0 Å². The Morgan fingerprint density at radius 2 is 2.05 bits per heavy atom. The van der Waals surface area contributed by atoms with Gasteiger partial charge in [-0.2, -0.15) is 0 Å². The molecule has 0 aliphatic rings. The van der Waals surface area contributed by atoms with Gasteiger partial charge in [0, 0.05) is 12.6 Å². The lowest BCUT2D eigenvalue weighted by atomic mass is 10.2. The summed E-state index contributed by atoms with van der Waals surface area (Å²) in [5.74, 6) is -0.949. The predicted octanol–water partition coefficient (Wildman–Crippen LogP) is 1.35. The summed E-state index contributed by atoms with van der Waals surface area (Å²) in [6, 6.07) is 4.98. The summed E-state index contributed by atoms with van der Waals surface area (Å²) in [6.45, 7) is 2.53. The maximum absolute atomic E-state index is 13.5. The molecule has 0 aliphatic carbocycles. The van der Waals surface area contributed by atoms with Crippen molar-refractivity contribution in [3.8, 4) is 0 Å². The number of rotatable bonds is 8. The van der Waals surface area contributed by atoms with Gasteiger partial charge in [-0.3, -0.25) is 0 Å². The molecule has 108 valence electrons. The lowest BCUT2D eigenvalue weighted by Gasteiger charge is -2.17. The van der Waals surface area contributed by atoms with Crippen molar-refractivity contribution in [2.24, 2.45) is 0 Å². The molecule has 0 heterocycles. The van der Waals surface area contributed by atoms with E-state index in [1.165, 1.54) is 18.2 Å². The van der Waals surface area contributed by atoms with Crippen molar-refractivity contribution in [3.05, 3.63) is 30.1 Å². The Morgan fingerprint density at radius 1 is 1.37 bits per heavy atom. The van der Waals surface area contributed by atoms with Gasteiger partial charge in [-0.05, 0) is 31.5 Å². The van der Waals surface area contributed by atoms with Crippen LogP contribution in [-0.2, 0) is 9.84 Å². The summed E-state index contributed by atoms with van der Waals surface area (Å²) in [7, 11) is -3.69. The Hall–Kier alpha value is -0.980. The van der Waals surface area contributed by atoms with E-state index in [4.69, 9.17) is 5.11 Å². The van der Waals surface area contributed by atoms with Crippen LogP contribution in [0.25, 0.3) is 0 Å². The number of halogens is 1. The normalized spacial score (nSPS) is 13.4. The molecule has 6 heteroatoms. The monoisotopic (exact) mass is 289 g/mol. The molecule has 19 heavy (non-hydrogen) atoms. The minimum absolute atomic E-state index is 0.103. The van der Waals surface area contributed by atoms with Crippen LogP contribution in [0.2, 0.25) is 0 Å². The molecular weight excluding hydrogens is 269 g/mol. The molecule has 4 nitrogen and oxygen atoms in total. The van der Waals surface area contributed by atoms with E-state index in [2.05, 4.69) is 5.32 Å². The van der Waals surface area contributed by atoms with E-state index in [0.29, 0.717) is 13.0 Å². The number of nitrogens with one attached hydrogen (secondary N) is 1. The topological polar surface area (TPSA) is 66.4 Å². The molecule has 1 rings (SSSR count). The molecule has 0 radical (unpaired) electrons. The third-order valence-electron chi connectivity index (χ3n) is 2.75. The first kappa shape index (κ1) is 16.1. The van der Waals surface area contributed by atoms with Crippen molar-refractivity contribution in [1.29, 1.82) is 0 Å². The third kappa shape index (κ3) is 4.89. The Balaban J connectivity index is 2.85. The number of aliphatic hydroxyl groups is 1. The first-order valence-corrected chi connectivity index (χ1v) is 7.98. The highest BCUT2D eigenvalue weighted by Gasteiger charge is 2.23. The highest BCUT2D eigenvalue weighted by molar-refractivity contribution is 7.91. The lowest BCUT2D eigenvalue weighted by Crippen LogP contribution is -2.37. The van der Waals surface area contributed by atoms with Crippen LogP contribution in [0.4, 0.5) is 4.39 Å². The standard InChI is InChI=1S/C13H20FNO3S/c1-2-8-15-11(7-9-16)10-19(17,18)13-6-4-3-5-12(13)14/h3-6,11,15-16H,2,7-10H2,1H3. The Bertz CT molecular complexity index is 490. The van der Waals surface area contributed by atoms with Gasteiger partial charge in [0.15, 0.2) is 9.84 Å². The lowest BCUT2D eigenvalue weighted by molar-refractivity contribution is 0.269. The second-order valence-corrected chi connectivity index (χ2v) is 6.38. The van der Waals surface area contributed by atoms with E-state index in [-0.39, 0.29) is 23.3 Å². The zero-order valence-electron chi connectivity index (χ0n) is 11.0. The van der Waals surface area contributed by atoms with Gasteiger partial charge in [0.1, 0.15) is 10.7 Å². The molecule has 0 saturated carbocycles. The average Bonchev–Trinajstić information content (AvgIpc) is 2.36. The molecule has 0 spiro atoms. The minimum Gasteiger partial charge on any atom is -0.396 e. The molecule has 1 atom stereocenters. The highest BCUT2D eigenvalue weighted by atomic mass is 32.2. The Kier molecular flexibility index (Phi) is 6.41. The number of benzene rings is 1. The molecular formula is C13H20FNO3S. The highest BCUT2D eigenvalue weighted by Crippen LogP contribution is 2.16. The summed E-state index contributed by atoms with van der Waals surface area (Å²) >= 11 is 0. The van der Waals surface area contributed by atoms with Crippen molar-refractivity contribution in [3.63, 3.8) is 0 Å². The van der Waals surface area contributed by atoms with E-state index in [1.54, 1.807) is 0 Å². The maximum atomic E-state index is 13.5. The van der Waals surface area contributed by atoms with Crippen molar-refractivity contribution in [1.82, 2.24) is 5.32 Å². The predicted molar refractivity (Wildman–Crippen MR) is 72.2 cm³/mol. The summed E-state index contributed by atoms with van der Waals surface area (Å²) in [6.07, 6.45) is 1.19. The number of sulfone groups is 1. The fourth-order valence-electron chi connectivity index (χ4n) is 1.80. The van der Waals surface area contributed by atoms with Crippen LogP contribution in [0.3, 0.4) is 0 Å². The molecule has 0 amide bonds. The molecule has 1 unspecified atom stereocenters. The minimum atomic E-state index is -3.69. The fourth-order valence-corrected chi connectivity index (χ4v) is 3.45. The molecule has 0 aliphatic heterocycles. The van der Waals surface area contributed by atoms with E-state index in [0.717, 1.165) is 12.5 Å². The molecule has 1 aromatic carbocycles. The maximum Gasteiger partial charge on any atom is 0.182 e. The van der Waals surface area contributed by atoms with E-state index in [1.807, 2.05) is 6.92 Å². The van der Waals surface area contributed by atoms with Gasteiger partial charge < -0.3 is 10.4 Å². The molecule has 0 fully saturated rings. The number of aliphatic hydroxyl groups excluding tert-OH is 1. The van der Waals surface area contributed by atoms with Gasteiger partial charge in [0.05, 0.1) is 5.75 Å². The summed E-state index contributed by atoms with van der Waals surface area (Å²) in [5.41, 5.74) is 0. The Morgan fingerprint density at radius 3 is 2.63 bits per heavy atom. The van der Waals surface area contributed by atoms with Crippen molar-refractivity contribution in [2.45, 2.75) is 30.7 Å². The second-order valence-electron chi connectivity index (χ2n) is 4.38. The average molecular weight is 289 g/mol. The van der Waals surface area contributed by atoms with Gasteiger partial charge >= 0.3 is 0 Å². The van der Waals surface area contributed by atoms with Crippen LogP contribution in [0.5, 0.6) is 0 Å². The Labute approximate surface area is 113 Å². The fraction of sp³-hybridized carbons (Fsp3) is 0.538. The first-order valence-electron chi connectivity index (χ1n) is 6.32. The van der Waals surface area contributed by atoms with E-state index < -0.39 is 15.7 Å². The van der Waals surface area contributed by atoms with Gasteiger partial charge in [-0.15, -0.1) is 0 Å². The van der Waals surface area contributed by atoms with Crippen LogP contribution in [-0.4, -0.2) is 38.5 Å². The van der Waals surface area contributed by atoms with E-state index in [9.17, 15) is 12.8 Å². The molecule has 0 aromatic heterocycles. The van der Waals surface area contributed by atoms with Gasteiger partial charge in [0.2, 0.25) is 0 Å². The molecule has 0 bridgehead atoms. The molecule has 0 saturated heterocycles. The smallest absolute Gasteiger partial charge is 0.182 e. The number of hydrogen-bond donors (Lipinski definition) is 2. The zero-order chi connectivity index (χ0) is 14.3. The molecule has 1 aromatic rings. The van der Waals surface area contributed by atoms with Gasteiger partial charge in [-0.1, -0.05) is 19.1 Å². The first-order chi connectivity index (χ1) is 9.01. The van der Waals surface area contributed by atoms with Gasteiger partial charge in [-0.25, -0.2) is 12.8 Å². The van der Waals surface area contributed by atoms with Crippen LogP contribution < -0.4 is 5.32 Å². The van der Waals surface area contributed by atoms with Crippen molar-refractivity contribution >= 4 is 9.84 Å². The zero-order valence-corrected chi connectivity index (χ0v) is 11.8. The van der Waals surface area contributed by atoms with Crippen LogP contribution in [0.15, 0.2) is 29.2 Å².